The summed E-state index contributed by atoms with van der Waals surface area (Å²) in [5.74, 6) is 0. The zero-order valence-corrected chi connectivity index (χ0v) is 10.2. The number of fused-ring (bicyclic) bond motifs is 2. The molecular formula is C15H12N4. The molecule has 4 rings (SSSR count). The second-order valence-electron chi connectivity index (χ2n) is 4.58. The number of nitrogens with one attached hydrogen (secondary N) is 1. The second-order valence-corrected chi connectivity index (χ2v) is 4.58. The van der Waals surface area contributed by atoms with Crippen LogP contribution in [0.25, 0.3) is 21.9 Å². The molecule has 0 aliphatic rings. The normalized spacial score (nSPS) is 11.4. The van der Waals surface area contributed by atoms with Crippen molar-refractivity contribution in [3.05, 3.63) is 60.3 Å². The fraction of sp³-hybridized carbons (Fsp3) is 0.0667. The van der Waals surface area contributed by atoms with Gasteiger partial charge in [0.05, 0.1) is 6.54 Å². The van der Waals surface area contributed by atoms with E-state index < -0.39 is 0 Å². The van der Waals surface area contributed by atoms with E-state index in [9.17, 15) is 0 Å². The lowest BCUT2D eigenvalue weighted by Gasteiger charge is -1.97. The molecular weight excluding hydrogens is 236 g/mol. The Morgan fingerprint density at radius 3 is 2.37 bits per heavy atom. The van der Waals surface area contributed by atoms with Crippen LogP contribution in [0.1, 0.15) is 5.56 Å². The van der Waals surface area contributed by atoms with Gasteiger partial charge < -0.3 is 4.98 Å². The highest BCUT2D eigenvalue weighted by molar-refractivity contribution is 5.83. The van der Waals surface area contributed by atoms with E-state index in [4.69, 9.17) is 0 Å². The van der Waals surface area contributed by atoms with E-state index in [1.165, 1.54) is 10.9 Å². The summed E-state index contributed by atoms with van der Waals surface area (Å²) in [4.78, 5) is 5.02. The van der Waals surface area contributed by atoms with E-state index in [2.05, 4.69) is 27.3 Å². The van der Waals surface area contributed by atoms with Crippen molar-refractivity contribution in [2.45, 2.75) is 6.54 Å². The lowest BCUT2D eigenvalue weighted by atomic mass is 10.2. The first-order chi connectivity index (χ1) is 9.40. The topological polar surface area (TPSA) is 46.5 Å². The van der Waals surface area contributed by atoms with Gasteiger partial charge in [0, 0.05) is 22.7 Å². The Balaban J connectivity index is 1.78. The van der Waals surface area contributed by atoms with E-state index in [1.807, 2.05) is 42.6 Å². The predicted octanol–water partition coefficient (Wildman–Crippen LogP) is 2.96. The number of hydrogen-bond acceptors (Lipinski definition) is 2. The zero-order valence-electron chi connectivity index (χ0n) is 10.2. The molecule has 0 saturated carbocycles. The third kappa shape index (κ3) is 1.69. The average Bonchev–Trinajstić information content (AvgIpc) is 3.03. The smallest absolute Gasteiger partial charge is 0.113 e. The van der Waals surface area contributed by atoms with Gasteiger partial charge in [0.25, 0.3) is 0 Å². The van der Waals surface area contributed by atoms with Crippen LogP contribution in [0.15, 0.2) is 54.7 Å². The molecule has 0 aliphatic carbocycles. The molecule has 2 aromatic heterocycles. The largest absolute Gasteiger partial charge is 0.361 e. The van der Waals surface area contributed by atoms with Gasteiger partial charge in [-0.25, -0.2) is 0 Å². The first-order valence-corrected chi connectivity index (χ1v) is 6.25. The minimum Gasteiger partial charge on any atom is -0.361 e. The van der Waals surface area contributed by atoms with Crippen molar-refractivity contribution in [1.29, 1.82) is 0 Å². The molecule has 4 heteroatoms. The molecule has 1 N–H and O–H groups in total. The highest BCUT2D eigenvalue weighted by Gasteiger charge is 2.06. The molecule has 92 valence electrons. The second kappa shape index (κ2) is 3.95. The van der Waals surface area contributed by atoms with Gasteiger partial charge in [-0.3, -0.25) is 0 Å². The van der Waals surface area contributed by atoms with Crippen LogP contribution in [-0.2, 0) is 6.54 Å². The molecule has 0 atom stereocenters. The fourth-order valence-electron chi connectivity index (χ4n) is 2.39. The number of benzene rings is 2. The Morgan fingerprint density at radius 1 is 0.895 bits per heavy atom. The Labute approximate surface area is 109 Å². The summed E-state index contributed by atoms with van der Waals surface area (Å²) in [5.41, 5.74) is 4.22. The minimum absolute atomic E-state index is 0.679. The van der Waals surface area contributed by atoms with Gasteiger partial charge in [-0.15, -0.1) is 0 Å². The summed E-state index contributed by atoms with van der Waals surface area (Å²) in [6, 6.07) is 16.2. The molecule has 19 heavy (non-hydrogen) atoms. The number of aromatic nitrogens is 4. The van der Waals surface area contributed by atoms with E-state index in [-0.39, 0.29) is 0 Å². The summed E-state index contributed by atoms with van der Waals surface area (Å²) >= 11 is 0. The molecule has 0 saturated heterocycles. The number of H-pyrrole nitrogens is 1. The summed E-state index contributed by atoms with van der Waals surface area (Å²) < 4.78 is 0. The maximum atomic E-state index is 4.49. The first kappa shape index (κ1) is 10.3. The van der Waals surface area contributed by atoms with Crippen molar-refractivity contribution in [2.24, 2.45) is 0 Å². The third-order valence-electron chi connectivity index (χ3n) is 3.31. The van der Waals surface area contributed by atoms with Crippen LogP contribution >= 0.6 is 0 Å². The van der Waals surface area contributed by atoms with Crippen molar-refractivity contribution >= 4 is 21.9 Å². The van der Waals surface area contributed by atoms with E-state index in [0.29, 0.717) is 6.54 Å². The Kier molecular flexibility index (Phi) is 2.14. The van der Waals surface area contributed by atoms with E-state index in [1.54, 1.807) is 4.80 Å². The van der Waals surface area contributed by atoms with Gasteiger partial charge in [0.1, 0.15) is 11.0 Å². The van der Waals surface area contributed by atoms with Crippen LogP contribution in [0.5, 0.6) is 0 Å². The van der Waals surface area contributed by atoms with Gasteiger partial charge in [-0.2, -0.15) is 15.0 Å². The highest BCUT2D eigenvalue weighted by atomic mass is 15.5. The van der Waals surface area contributed by atoms with Crippen LogP contribution in [0.4, 0.5) is 0 Å². The summed E-state index contributed by atoms with van der Waals surface area (Å²) in [7, 11) is 0. The van der Waals surface area contributed by atoms with Crippen molar-refractivity contribution in [2.75, 3.05) is 0 Å². The van der Waals surface area contributed by atoms with Gasteiger partial charge in [0.2, 0.25) is 0 Å². The Hall–Kier alpha value is -2.62. The molecule has 4 nitrogen and oxygen atoms in total. The zero-order chi connectivity index (χ0) is 12.7. The van der Waals surface area contributed by atoms with E-state index in [0.717, 1.165) is 16.6 Å². The maximum Gasteiger partial charge on any atom is 0.113 e. The summed E-state index contributed by atoms with van der Waals surface area (Å²) in [5, 5.41) is 10.2. The van der Waals surface area contributed by atoms with Crippen LogP contribution in [-0.4, -0.2) is 20.0 Å². The molecule has 4 aromatic rings. The molecule has 0 aliphatic heterocycles. The minimum atomic E-state index is 0.679. The molecule has 0 amide bonds. The lowest BCUT2D eigenvalue weighted by Crippen LogP contribution is -2.02. The first-order valence-electron chi connectivity index (χ1n) is 6.25. The van der Waals surface area contributed by atoms with Crippen LogP contribution < -0.4 is 0 Å². The number of nitrogens with zero attached hydrogens (tertiary/aromatic N) is 3. The monoisotopic (exact) mass is 248 g/mol. The van der Waals surface area contributed by atoms with Gasteiger partial charge in [-0.1, -0.05) is 30.3 Å². The third-order valence-corrected chi connectivity index (χ3v) is 3.31. The SMILES string of the molecule is c1ccc2nn(Cc3c[nH]c4ccccc34)nc2c1. The van der Waals surface area contributed by atoms with Gasteiger partial charge >= 0.3 is 0 Å². The van der Waals surface area contributed by atoms with Crippen molar-refractivity contribution in [3.63, 3.8) is 0 Å². The number of rotatable bonds is 2. The number of para-hydroxylation sites is 1. The lowest BCUT2D eigenvalue weighted by molar-refractivity contribution is 0.603. The molecule has 0 unspecified atom stereocenters. The molecule has 0 radical (unpaired) electrons. The summed E-state index contributed by atoms with van der Waals surface area (Å²) in [6.07, 6.45) is 2.03. The number of aromatic amines is 1. The van der Waals surface area contributed by atoms with Crippen LogP contribution in [0.2, 0.25) is 0 Å². The highest BCUT2D eigenvalue weighted by Crippen LogP contribution is 2.18. The van der Waals surface area contributed by atoms with Crippen molar-refractivity contribution in [1.82, 2.24) is 20.0 Å². The molecule has 0 bridgehead atoms. The van der Waals surface area contributed by atoms with Crippen molar-refractivity contribution in [3.8, 4) is 0 Å². The van der Waals surface area contributed by atoms with E-state index >= 15 is 0 Å². The summed E-state index contributed by atoms with van der Waals surface area (Å²) in [6.45, 7) is 0.679. The molecule has 0 spiro atoms. The molecule has 2 aromatic carbocycles. The van der Waals surface area contributed by atoms with Gasteiger partial charge in [-0.05, 0) is 18.2 Å². The predicted molar refractivity (Wildman–Crippen MR) is 74.9 cm³/mol. The average molecular weight is 248 g/mol. The van der Waals surface area contributed by atoms with Crippen molar-refractivity contribution < 1.29 is 0 Å². The van der Waals surface area contributed by atoms with Crippen LogP contribution in [0.3, 0.4) is 0 Å². The van der Waals surface area contributed by atoms with Crippen LogP contribution in [0, 0.1) is 0 Å². The Morgan fingerprint density at radius 2 is 1.58 bits per heavy atom. The quantitative estimate of drug-likeness (QED) is 0.593. The Bertz CT molecular complexity index is 823. The standard InChI is InChI=1S/C15H12N4/c1-2-6-13-12(5-1)11(9-16-13)10-19-17-14-7-3-4-8-15(14)18-19/h1-9,16H,10H2. The van der Waals surface area contributed by atoms with Gasteiger partial charge in [0.15, 0.2) is 0 Å². The molecule has 0 fully saturated rings. The fourth-order valence-corrected chi connectivity index (χ4v) is 2.39. The molecule has 2 heterocycles. The maximum absolute atomic E-state index is 4.49. The number of hydrogen-bond donors (Lipinski definition) is 1.